The van der Waals surface area contributed by atoms with Crippen LogP contribution in [-0.2, 0) is 6.54 Å². The second kappa shape index (κ2) is 8.86. The summed E-state index contributed by atoms with van der Waals surface area (Å²) in [6.07, 6.45) is 5.17. The number of amides is 1. The van der Waals surface area contributed by atoms with Crippen LogP contribution in [0.2, 0.25) is 5.02 Å². The molecule has 0 unspecified atom stereocenters. The Morgan fingerprint density at radius 3 is 2.59 bits per heavy atom. The number of pyridine rings is 1. The molecule has 4 rings (SSSR count). The lowest BCUT2D eigenvalue weighted by Gasteiger charge is -2.03. The summed E-state index contributed by atoms with van der Waals surface area (Å²) in [4.78, 5) is 18.0. The number of thiazole rings is 1. The molecular weight excluding hydrogens is 404 g/mol. The van der Waals surface area contributed by atoms with Crippen molar-refractivity contribution in [3.63, 3.8) is 0 Å². The fourth-order valence-corrected chi connectivity index (χ4v) is 3.85. The van der Waals surface area contributed by atoms with Gasteiger partial charge in [-0.3, -0.25) is 9.78 Å². The van der Waals surface area contributed by atoms with Crippen molar-refractivity contribution in [1.82, 2.24) is 15.0 Å². The lowest BCUT2D eigenvalue weighted by atomic mass is 10.2. The van der Waals surface area contributed by atoms with Crippen molar-refractivity contribution in [2.45, 2.75) is 6.54 Å². The number of halogens is 1. The summed E-state index contributed by atoms with van der Waals surface area (Å²) in [7, 11) is 0. The van der Waals surface area contributed by atoms with Gasteiger partial charge >= 0.3 is 0 Å². The van der Waals surface area contributed by atoms with Gasteiger partial charge in [0.1, 0.15) is 0 Å². The van der Waals surface area contributed by atoms with Crippen LogP contribution in [-0.4, -0.2) is 15.5 Å². The lowest BCUT2D eigenvalue weighted by molar-refractivity contribution is 0.0952. The van der Waals surface area contributed by atoms with Crippen molar-refractivity contribution in [1.29, 1.82) is 0 Å². The number of nitrogens with one attached hydrogen (secondary N) is 1. The number of carbonyl (C=O) groups excluding carboxylic acids is 1. The molecule has 0 aliphatic heterocycles. The average molecular weight is 421 g/mol. The quantitative estimate of drug-likeness (QED) is 0.481. The Balaban J connectivity index is 1.68. The molecule has 0 fully saturated rings. The SMILES string of the molecule is O=C(N/N=c1\sc(-c2ccc(Cl)cc2)cn1Cc1ccccc1)c1cccnc1. The number of rotatable bonds is 5. The third-order valence-electron chi connectivity index (χ3n) is 4.22. The molecule has 0 bridgehead atoms. The monoisotopic (exact) mass is 420 g/mol. The molecule has 1 N–H and O–H groups in total. The van der Waals surface area contributed by atoms with E-state index in [4.69, 9.17) is 11.6 Å². The van der Waals surface area contributed by atoms with Gasteiger partial charge in [-0.1, -0.05) is 65.4 Å². The Hall–Kier alpha value is -3.22. The largest absolute Gasteiger partial charge is 0.317 e. The molecule has 2 aromatic heterocycles. The minimum absolute atomic E-state index is 0.300. The molecule has 0 saturated heterocycles. The van der Waals surface area contributed by atoms with Gasteiger partial charge < -0.3 is 4.57 Å². The van der Waals surface area contributed by atoms with Crippen LogP contribution < -0.4 is 10.2 Å². The molecule has 0 aliphatic carbocycles. The summed E-state index contributed by atoms with van der Waals surface area (Å²) in [5.41, 5.74) is 5.28. The first-order valence-electron chi connectivity index (χ1n) is 8.93. The maximum atomic E-state index is 12.3. The molecule has 0 aliphatic rings. The molecule has 2 heterocycles. The van der Waals surface area contributed by atoms with Gasteiger partial charge in [0, 0.05) is 30.2 Å². The predicted molar refractivity (Wildman–Crippen MR) is 116 cm³/mol. The van der Waals surface area contributed by atoms with E-state index >= 15 is 0 Å². The number of aromatic nitrogens is 2. The number of benzene rings is 2. The number of hydrogen-bond donors (Lipinski definition) is 1. The molecule has 7 heteroatoms. The zero-order valence-corrected chi connectivity index (χ0v) is 16.9. The number of nitrogens with zero attached hydrogens (tertiary/aromatic N) is 3. The molecule has 0 atom stereocenters. The van der Waals surface area contributed by atoms with Crippen LogP contribution in [0.3, 0.4) is 0 Å². The van der Waals surface area contributed by atoms with Gasteiger partial charge in [0.05, 0.1) is 10.4 Å². The number of carbonyl (C=O) groups is 1. The third-order valence-corrected chi connectivity index (χ3v) is 5.54. The first-order valence-corrected chi connectivity index (χ1v) is 10.1. The summed E-state index contributed by atoms with van der Waals surface area (Å²) < 4.78 is 2.02. The first-order chi connectivity index (χ1) is 14.2. The smallest absolute Gasteiger partial charge is 0.273 e. The van der Waals surface area contributed by atoms with Crippen LogP contribution >= 0.6 is 22.9 Å². The van der Waals surface area contributed by atoms with Gasteiger partial charge in [0.15, 0.2) is 0 Å². The fraction of sp³-hybridized carbons (Fsp3) is 0.0455. The summed E-state index contributed by atoms with van der Waals surface area (Å²) in [5, 5.41) is 5.06. The topological polar surface area (TPSA) is 59.3 Å². The van der Waals surface area contributed by atoms with Crippen LogP contribution in [0.25, 0.3) is 10.4 Å². The fourth-order valence-electron chi connectivity index (χ4n) is 2.77. The van der Waals surface area contributed by atoms with E-state index in [0.717, 1.165) is 16.0 Å². The van der Waals surface area contributed by atoms with E-state index in [1.54, 1.807) is 18.3 Å². The highest BCUT2D eigenvalue weighted by Gasteiger charge is 2.08. The predicted octanol–water partition coefficient (Wildman–Crippen LogP) is 4.56. The van der Waals surface area contributed by atoms with Crippen molar-refractivity contribution in [2.24, 2.45) is 5.10 Å². The summed E-state index contributed by atoms with van der Waals surface area (Å²) in [6.45, 7) is 0.645. The lowest BCUT2D eigenvalue weighted by Crippen LogP contribution is -2.24. The number of hydrogen-bond acceptors (Lipinski definition) is 4. The Labute approximate surface area is 177 Å². The van der Waals surface area contributed by atoms with Crippen LogP contribution in [0, 0.1) is 0 Å². The molecular formula is C22H17ClN4OS. The minimum atomic E-state index is -0.300. The van der Waals surface area contributed by atoms with Gasteiger partial charge in [-0.15, -0.1) is 5.10 Å². The van der Waals surface area contributed by atoms with Gasteiger partial charge in [-0.2, -0.15) is 0 Å². The Morgan fingerprint density at radius 1 is 1.07 bits per heavy atom. The summed E-state index contributed by atoms with van der Waals surface area (Å²) in [5.74, 6) is -0.300. The zero-order valence-electron chi connectivity index (χ0n) is 15.3. The molecule has 5 nitrogen and oxygen atoms in total. The van der Waals surface area contributed by atoms with E-state index in [9.17, 15) is 4.79 Å². The van der Waals surface area contributed by atoms with Gasteiger partial charge in [-0.25, -0.2) is 5.43 Å². The third kappa shape index (κ3) is 4.80. The van der Waals surface area contributed by atoms with Crippen molar-refractivity contribution < 1.29 is 4.79 Å². The first kappa shape index (κ1) is 19.1. The van der Waals surface area contributed by atoms with Crippen LogP contribution in [0.4, 0.5) is 0 Å². The molecule has 1 amide bonds. The van der Waals surface area contributed by atoms with Crippen molar-refractivity contribution >= 4 is 28.8 Å². The normalized spacial score (nSPS) is 11.4. The molecule has 2 aromatic carbocycles. The highest BCUT2D eigenvalue weighted by Crippen LogP contribution is 2.24. The Bertz CT molecular complexity index is 1170. The van der Waals surface area contributed by atoms with Gasteiger partial charge in [-0.05, 0) is 35.4 Å². The summed E-state index contributed by atoms with van der Waals surface area (Å²) >= 11 is 7.51. The van der Waals surface area contributed by atoms with E-state index < -0.39 is 0 Å². The molecule has 0 radical (unpaired) electrons. The van der Waals surface area contributed by atoms with Gasteiger partial charge in [0.25, 0.3) is 5.91 Å². The summed E-state index contributed by atoms with van der Waals surface area (Å²) in [6, 6.07) is 21.2. The maximum absolute atomic E-state index is 12.3. The van der Waals surface area contributed by atoms with Crippen molar-refractivity contribution in [3.05, 3.63) is 106 Å². The molecule has 4 aromatic rings. The second-order valence-corrected chi connectivity index (χ2v) is 7.74. The maximum Gasteiger partial charge on any atom is 0.273 e. The van der Waals surface area contributed by atoms with E-state index in [1.165, 1.54) is 17.5 Å². The van der Waals surface area contributed by atoms with Crippen molar-refractivity contribution in [2.75, 3.05) is 0 Å². The second-order valence-electron chi connectivity index (χ2n) is 6.29. The van der Waals surface area contributed by atoms with Crippen LogP contribution in [0.15, 0.2) is 90.4 Å². The van der Waals surface area contributed by atoms with E-state index in [1.807, 2.05) is 53.2 Å². The molecule has 0 spiro atoms. The van der Waals surface area contributed by atoms with Crippen molar-refractivity contribution in [3.8, 4) is 10.4 Å². The molecule has 0 saturated carbocycles. The minimum Gasteiger partial charge on any atom is -0.317 e. The molecule has 144 valence electrons. The van der Waals surface area contributed by atoms with E-state index in [2.05, 4.69) is 27.6 Å². The highest BCUT2D eigenvalue weighted by atomic mass is 35.5. The van der Waals surface area contributed by atoms with E-state index in [-0.39, 0.29) is 5.91 Å². The Morgan fingerprint density at radius 2 is 1.86 bits per heavy atom. The van der Waals surface area contributed by atoms with Gasteiger partial charge in [0.2, 0.25) is 4.80 Å². The highest BCUT2D eigenvalue weighted by molar-refractivity contribution is 7.12. The van der Waals surface area contributed by atoms with Crippen LogP contribution in [0.5, 0.6) is 0 Å². The average Bonchev–Trinajstić information content (AvgIpc) is 3.16. The van der Waals surface area contributed by atoms with E-state index in [0.29, 0.717) is 21.9 Å². The molecule has 29 heavy (non-hydrogen) atoms. The Kier molecular flexibility index (Phi) is 5.84. The zero-order chi connectivity index (χ0) is 20.1. The van der Waals surface area contributed by atoms with Crippen LogP contribution in [0.1, 0.15) is 15.9 Å². The standard InChI is InChI=1S/C22H17ClN4OS/c23-19-10-8-17(9-11-19)20-15-27(14-16-5-2-1-3-6-16)22(29-20)26-25-21(28)18-7-4-12-24-13-18/h1-13,15H,14H2,(H,25,28)/b26-22-.